The molecule has 0 aliphatic rings. The number of aliphatic imine (C=N–C) groups is 1. The van der Waals surface area contributed by atoms with Gasteiger partial charge in [0.05, 0.1) is 6.54 Å². The summed E-state index contributed by atoms with van der Waals surface area (Å²) in [5.41, 5.74) is 0.972. The second-order valence-electron chi connectivity index (χ2n) is 5.54. The average Bonchev–Trinajstić information content (AvgIpc) is 2.61. The summed E-state index contributed by atoms with van der Waals surface area (Å²) < 4.78 is 18.7. The first kappa shape index (κ1) is 22.1. The lowest BCUT2D eigenvalue weighted by atomic mass is 10.3. The lowest BCUT2D eigenvalue weighted by molar-refractivity contribution is 0.457. The van der Waals surface area contributed by atoms with Crippen LogP contribution >= 0.6 is 24.0 Å². The highest BCUT2D eigenvalue weighted by Gasteiger charge is 2.02. The summed E-state index contributed by atoms with van der Waals surface area (Å²) in [7, 11) is 0. The molecule has 0 fully saturated rings. The fourth-order valence-electron chi connectivity index (χ4n) is 2.11. The van der Waals surface area contributed by atoms with Crippen LogP contribution < -0.4 is 15.4 Å². The van der Waals surface area contributed by atoms with E-state index < -0.39 is 0 Å². The molecule has 142 valence electrons. The summed E-state index contributed by atoms with van der Waals surface area (Å²) in [6.07, 6.45) is 3.97. The molecule has 1 aromatic carbocycles. The normalized spacial score (nSPS) is 10.8. The number of hydrogen-bond donors (Lipinski definition) is 2. The van der Waals surface area contributed by atoms with Crippen LogP contribution in [0.15, 0.2) is 47.6 Å². The zero-order valence-electron chi connectivity index (χ0n) is 15.2. The molecule has 0 amide bonds. The van der Waals surface area contributed by atoms with Crippen LogP contribution in [0.4, 0.5) is 4.39 Å². The Morgan fingerprint density at radius 2 is 2.04 bits per heavy atom. The second kappa shape index (κ2) is 12.5. The summed E-state index contributed by atoms with van der Waals surface area (Å²) in [5.74, 6) is 1.31. The number of pyridine rings is 1. The van der Waals surface area contributed by atoms with Crippen LogP contribution in [-0.2, 0) is 6.54 Å². The van der Waals surface area contributed by atoms with E-state index in [0.717, 1.165) is 37.5 Å². The fourth-order valence-corrected chi connectivity index (χ4v) is 2.11. The van der Waals surface area contributed by atoms with E-state index >= 15 is 0 Å². The van der Waals surface area contributed by atoms with Crippen molar-refractivity contribution in [2.45, 2.75) is 33.2 Å². The van der Waals surface area contributed by atoms with E-state index in [4.69, 9.17) is 4.74 Å². The summed E-state index contributed by atoms with van der Waals surface area (Å²) in [6.45, 7) is 6.44. The fraction of sp³-hybridized carbons (Fsp3) is 0.368. The van der Waals surface area contributed by atoms with E-state index in [1.807, 2.05) is 13.0 Å². The molecule has 0 spiro atoms. The predicted molar refractivity (Wildman–Crippen MR) is 114 cm³/mol. The number of nitrogens with one attached hydrogen (secondary N) is 2. The van der Waals surface area contributed by atoms with Gasteiger partial charge in [-0.3, -0.25) is 0 Å². The highest BCUT2D eigenvalue weighted by atomic mass is 127. The maximum Gasteiger partial charge on any atom is 0.219 e. The SMILES string of the molecule is CCCCNC(=NCc1ccc(Oc2cccc(F)c2)nc1)NCC.I. The molecule has 2 rings (SSSR count). The van der Waals surface area contributed by atoms with E-state index in [1.54, 1.807) is 24.4 Å². The molecule has 0 aliphatic carbocycles. The van der Waals surface area contributed by atoms with Crippen LogP contribution in [0, 0.1) is 5.82 Å². The van der Waals surface area contributed by atoms with Crippen molar-refractivity contribution in [3.05, 3.63) is 54.0 Å². The van der Waals surface area contributed by atoms with E-state index in [-0.39, 0.29) is 29.8 Å². The standard InChI is InChI=1S/C19H25FN4O.HI/c1-3-5-11-22-19(21-4-2)24-14-15-9-10-18(23-13-15)25-17-8-6-7-16(20)12-17;/h6-10,12-13H,3-5,11,14H2,1-2H3,(H2,21,22,24);1H. The first-order valence-electron chi connectivity index (χ1n) is 8.61. The van der Waals surface area contributed by atoms with Crippen molar-refractivity contribution in [1.29, 1.82) is 0 Å². The van der Waals surface area contributed by atoms with Crippen molar-refractivity contribution < 1.29 is 9.13 Å². The van der Waals surface area contributed by atoms with Crippen LogP contribution in [0.25, 0.3) is 0 Å². The minimum Gasteiger partial charge on any atom is -0.439 e. The quantitative estimate of drug-likeness (QED) is 0.257. The number of aromatic nitrogens is 1. The van der Waals surface area contributed by atoms with Gasteiger partial charge in [-0.2, -0.15) is 0 Å². The smallest absolute Gasteiger partial charge is 0.219 e. The van der Waals surface area contributed by atoms with Crippen molar-refractivity contribution in [1.82, 2.24) is 15.6 Å². The number of guanidine groups is 1. The minimum atomic E-state index is -0.338. The zero-order valence-corrected chi connectivity index (χ0v) is 17.5. The molecule has 0 radical (unpaired) electrons. The van der Waals surface area contributed by atoms with Gasteiger partial charge in [0.25, 0.3) is 0 Å². The molecule has 0 unspecified atom stereocenters. The molecular weight excluding hydrogens is 446 g/mol. The van der Waals surface area contributed by atoms with Crippen LogP contribution in [-0.4, -0.2) is 24.0 Å². The van der Waals surface area contributed by atoms with Crippen molar-refractivity contribution >= 4 is 29.9 Å². The third kappa shape index (κ3) is 7.99. The van der Waals surface area contributed by atoms with Crippen LogP contribution in [0.1, 0.15) is 32.3 Å². The number of ether oxygens (including phenoxy) is 1. The summed E-state index contributed by atoms with van der Waals surface area (Å²) in [5, 5.41) is 6.52. The molecule has 1 aromatic heterocycles. The van der Waals surface area contributed by atoms with E-state index in [1.165, 1.54) is 12.1 Å². The van der Waals surface area contributed by atoms with Crippen LogP contribution in [0.2, 0.25) is 0 Å². The van der Waals surface area contributed by atoms with Crippen LogP contribution in [0.3, 0.4) is 0 Å². The molecule has 5 nitrogen and oxygen atoms in total. The number of hydrogen-bond acceptors (Lipinski definition) is 3. The van der Waals surface area contributed by atoms with Crippen molar-refractivity contribution in [3.8, 4) is 11.6 Å². The summed E-state index contributed by atoms with van der Waals surface area (Å²) in [4.78, 5) is 8.79. The molecule has 0 atom stereocenters. The maximum absolute atomic E-state index is 13.2. The number of rotatable bonds is 8. The maximum atomic E-state index is 13.2. The molecular formula is C19H26FIN4O. The Labute approximate surface area is 171 Å². The Hall–Kier alpha value is -1.90. The Kier molecular flexibility index (Phi) is 10.6. The lowest BCUT2D eigenvalue weighted by Gasteiger charge is -2.10. The van der Waals surface area contributed by atoms with Gasteiger partial charge in [-0.05, 0) is 31.0 Å². The largest absolute Gasteiger partial charge is 0.439 e. The molecule has 0 saturated heterocycles. The van der Waals surface area contributed by atoms with Gasteiger partial charge < -0.3 is 15.4 Å². The van der Waals surface area contributed by atoms with Crippen LogP contribution in [0.5, 0.6) is 11.6 Å². The number of nitrogens with zero attached hydrogens (tertiary/aromatic N) is 2. The third-order valence-electron chi connectivity index (χ3n) is 3.40. The monoisotopic (exact) mass is 472 g/mol. The second-order valence-corrected chi connectivity index (χ2v) is 5.54. The van der Waals surface area contributed by atoms with Gasteiger partial charge >= 0.3 is 0 Å². The van der Waals surface area contributed by atoms with Gasteiger partial charge in [-0.25, -0.2) is 14.4 Å². The molecule has 0 aliphatic heterocycles. The summed E-state index contributed by atoms with van der Waals surface area (Å²) >= 11 is 0. The Morgan fingerprint density at radius 3 is 2.69 bits per heavy atom. The van der Waals surface area contributed by atoms with Gasteiger partial charge in [-0.1, -0.05) is 25.5 Å². The van der Waals surface area contributed by atoms with Gasteiger partial charge in [0.2, 0.25) is 5.88 Å². The highest BCUT2D eigenvalue weighted by Crippen LogP contribution is 2.20. The van der Waals surface area contributed by atoms with Gasteiger partial charge in [0.1, 0.15) is 11.6 Å². The van der Waals surface area contributed by atoms with Gasteiger partial charge in [0.15, 0.2) is 5.96 Å². The molecule has 2 aromatic rings. The molecule has 0 saturated carbocycles. The van der Waals surface area contributed by atoms with E-state index in [9.17, 15) is 4.39 Å². The Morgan fingerprint density at radius 1 is 1.19 bits per heavy atom. The molecule has 7 heteroatoms. The first-order chi connectivity index (χ1) is 12.2. The lowest BCUT2D eigenvalue weighted by Crippen LogP contribution is -2.37. The van der Waals surface area contributed by atoms with Crippen molar-refractivity contribution in [3.63, 3.8) is 0 Å². The molecule has 0 bridgehead atoms. The summed E-state index contributed by atoms with van der Waals surface area (Å²) in [6, 6.07) is 9.64. The van der Waals surface area contributed by atoms with Crippen molar-refractivity contribution in [2.24, 2.45) is 4.99 Å². The number of halogens is 2. The highest BCUT2D eigenvalue weighted by molar-refractivity contribution is 14.0. The van der Waals surface area contributed by atoms with Gasteiger partial charge in [-0.15, -0.1) is 24.0 Å². The zero-order chi connectivity index (χ0) is 17.9. The number of benzene rings is 1. The predicted octanol–water partition coefficient (Wildman–Crippen LogP) is 4.49. The Bertz CT molecular complexity index is 679. The first-order valence-corrected chi connectivity index (χ1v) is 8.61. The topological polar surface area (TPSA) is 58.5 Å². The Balaban J connectivity index is 0.00000338. The van der Waals surface area contributed by atoms with Crippen molar-refractivity contribution in [2.75, 3.05) is 13.1 Å². The molecule has 26 heavy (non-hydrogen) atoms. The van der Waals surface area contributed by atoms with E-state index in [0.29, 0.717) is 18.2 Å². The minimum absolute atomic E-state index is 0. The molecule has 2 N–H and O–H groups in total. The third-order valence-corrected chi connectivity index (χ3v) is 3.40. The van der Waals surface area contributed by atoms with E-state index in [2.05, 4.69) is 27.5 Å². The average molecular weight is 472 g/mol. The van der Waals surface area contributed by atoms with Gasteiger partial charge in [0, 0.05) is 31.4 Å². The number of unbranched alkanes of at least 4 members (excludes halogenated alkanes) is 1. The molecule has 1 heterocycles.